The van der Waals surface area contributed by atoms with E-state index in [1.54, 1.807) is 13.2 Å². The Morgan fingerprint density at radius 3 is 2.76 bits per heavy atom. The smallest absolute Gasteiger partial charge is 0.320 e. The summed E-state index contributed by atoms with van der Waals surface area (Å²) >= 11 is 0. The van der Waals surface area contributed by atoms with Crippen molar-refractivity contribution in [3.63, 3.8) is 0 Å². The van der Waals surface area contributed by atoms with Crippen molar-refractivity contribution >= 4 is 22.8 Å². The van der Waals surface area contributed by atoms with Crippen molar-refractivity contribution in [3.05, 3.63) is 47.9 Å². The SMILES string of the molecule is COCCOc1n[nH]c2cc(NC(=O)NC(c3ccc(F)cc3)C(C)O)ncc12. The summed E-state index contributed by atoms with van der Waals surface area (Å²) in [4.78, 5) is 16.6. The number of benzene rings is 1. The number of fused-ring (bicyclic) bond motifs is 1. The van der Waals surface area contributed by atoms with Gasteiger partial charge in [-0.05, 0) is 24.6 Å². The highest BCUT2D eigenvalue weighted by Gasteiger charge is 2.20. The number of H-pyrrole nitrogens is 1. The normalized spacial score (nSPS) is 13.1. The zero-order valence-corrected chi connectivity index (χ0v) is 16.0. The highest BCUT2D eigenvalue weighted by atomic mass is 19.1. The summed E-state index contributed by atoms with van der Waals surface area (Å²) in [6.45, 7) is 2.32. The first-order valence-electron chi connectivity index (χ1n) is 8.95. The van der Waals surface area contributed by atoms with E-state index in [9.17, 15) is 14.3 Å². The van der Waals surface area contributed by atoms with Crippen molar-refractivity contribution in [1.29, 1.82) is 0 Å². The minimum absolute atomic E-state index is 0.283. The van der Waals surface area contributed by atoms with E-state index >= 15 is 0 Å². The molecule has 0 fully saturated rings. The number of amides is 2. The van der Waals surface area contributed by atoms with Crippen molar-refractivity contribution in [2.45, 2.75) is 19.1 Å². The average molecular weight is 403 g/mol. The largest absolute Gasteiger partial charge is 0.474 e. The molecule has 4 N–H and O–H groups in total. The summed E-state index contributed by atoms with van der Waals surface area (Å²) in [5, 5.41) is 22.8. The number of carbonyl (C=O) groups is 1. The number of anilines is 1. The first kappa shape index (κ1) is 20.5. The number of aliphatic hydroxyl groups is 1. The lowest BCUT2D eigenvalue weighted by atomic mass is 10.0. The molecule has 9 nitrogen and oxygen atoms in total. The van der Waals surface area contributed by atoms with Crippen LogP contribution >= 0.6 is 0 Å². The first-order chi connectivity index (χ1) is 14.0. The van der Waals surface area contributed by atoms with Crippen LogP contribution in [0.4, 0.5) is 15.0 Å². The third-order valence-electron chi connectivity index (χ3n) is 4.18. The van der Waals surface area contributed by atoms with Crippen LogP contribution in [0.25, 0.3) is 10.9 Å². The molecule has 0 radical (unpaired) electrons. The number of halogens is 1. The van der Waals surface area contributed by atoms with Gasteiger partial charge < -0.3 is 19.9 Å². The van der Waals surface area contributed by atoms with E-state index in [-0.39, 0.29) is 5.82 Å². The van der Waals surface area contributed by atoms with Gasteiger partial charge in [-0.2, -0.15) is 0 Å². The van der Waals surface area contributed by atoms with E-state index in [1.807, 2.05) is 0 Å². The van der Waals surface area contributed by atoms with Crippen LogP contribution in [0.1, 0.15) is 18.5 Å². The number of nitrogens with zero attached hydrogens (tertiary/aromatic N) is 2. The summed E-state index contributed by atoms with van der Waals surface area (Å²) in [5.41, 5.74) is 1.21. The molecule has 10 heteroatoms. The Kier molecular flexibility index (Phi) is 6.57. The summed E-state index contributed by atoms with van der Waals surface area (Å²) in [6, 6.07) is 5.88. The van der Waals surface area contributed by atoms with Gasteiger partial charge in [-0.1, -0.05) is 12.1 Å². The maximum absolute atomic E-state index is 13.1. The van der Waals surface area contributed by atoms with Crippen molar-refractivity contribution in [2.24, 2.45) is 0 Å². The number of hydrogen-bond acceptors (Lipinski definition) is 6. The molecule has 0 spiro atoms. The van der Waals surface area contributed by atoms with Crippen LogP contribution in [-0.4, -0.2) is 52.7 Å². The third-order valence-corrected chi connectivity index (χ3v) is 4.18. The predicted octanol–water partition coefficient (Wildman–Crippen LogP) is 2.37. The highest BCUT2D eigenvalue weighted by molar-refractivity contribution is 5.92. The molecule has 2 atom stereocenters. The molecule has 0 saturated carbocycles. The quantitative estimate of drug-likeness (QED) is 0.429. The average Bonchev–Trinajstić information content (AvgIpc) is 3.09. The lowest BCUT2D eigenvalue weighted by Gasteiger charge is -2.22. The molecule has 0 saturated heterocycles. The van der Waals surface area contributed by atoms with Crippen LogP contribution < -0.4 is 15.4 Å². The molecule has 2 aromatic heterocycles. The zero-order chi connectivity index (χ0) is 20.8. The second-order valence-electron chi connectivity index (χ2n) is 6.35. The van der Waals surface area contributed by atoms with Crippen molar-refractivity contribution in [3.8, 4) is 5.88 Å². The topological polar surface area (TPSA) is 121 Å². The molecule has 0 aliphatic heterocycles. The fourth-order valence-electron chi connectivity index (χ4n) is 2.74. The first-order valence-corrected chi connectivity index (χ1v) is 8.95. The predicted molar refractivity (Wildman–Crippen MR) is 104 cm³/mol. The van der Waals surface area contributed by atoms with E-state index in [1.165, 1.54) is 37.4 Å². The lowest BCUT2D eigenvalue weighted by Crippen LogP contribution is -2.37. The van der Waals surface area contributed by atoms with Gasteiger partial charge in [0, 0.05) is 19.4 Å². The van der Waals surface area contributed by atoms with Crippen molar-refractivity contribution < 1.29 is 23.8 Å². The minimum Gasteiger partial charge on any atom is -0.474 e. The van der Waals surface area contributed by atoms with Gasteiger partial charge >= 0.3 is 6.03 Å². The minimum atomic E-state index is -0.888. The number of carbonyl (C=O) groups excluding carboxylic acids is 1. The van der Waals surface area contributed by atoms with Crippen LogP contribution in [0, 0.1) is 5.82 Å². The number of ether oxygens (including phenoxy) is 2. The van der Waals surface area contributed by atoms with Gasteiger partial charge in [0.2, 0.25) is 5.88 Å². The van der Waals surface area contributed by atoms with Gasteiger partial charge in [0.1, 0.15) is 18.2 Å². The highest BCUT2D eigenvalue weighted by Crippen LogP contribution is 2.24. The van der Waals surface area contributed by atoms with Gasteiger partial charge in [-0.15, -0.1) is 5.10 Å². The Balaban J connectivity index is 1.67. The summed E-state index contributed by atoms with van der Waals surface area (Å²) in [6.07, 6.45) is 0.643. The maximum atomic E-state index is 13.1. The van der Waals surface area contributed by atoms with Gasteiger partial charge in [0.25, 0.3) is 0 Å². The number of aromatic nitrogens is 3. The van der Waals surface area contributed by atoms with E-state index in [0.29, 0.717) is 35.6 Å². The van der Waals surface area contributed by atoms with Gasteiger partial charge in [0.05, 0.1) is 29.7 Å². The Hall–Kier alpha value is -3.24. The molecule has 3 rings (SSSR count). The zero-order valence-electron chi connectivity index (χ0n) is 16.0. The number of aromatic amines is 1. The molecule has 154 valence electrons. The number of aliphatic hydroxyl groups excluding tert-OH is 1. The summed E-state index contributed by atoms with van der Waals surface area (Å²) in [7, 11) is 1.58. The molecule has 2 amide bonds. The maximum Gasteiger partial charge on any atom is 0.320 e. The Morgan fingerprint density at radius 2 is 2.07 bits per heavy atom. The monoisotopic (exact) mass is 403 g/mol. The van der Waals surface area contributed by atoms with Crippen LogP contribution in [0.3, 0.4) is 0 Å². The Bertz CT molecular complexity index is 961. The Morgan fingerprint density at radius 1 is 1.31 bits per heavy atom. The van der Waals surface area contributed by atoms with E-state index in [2.05, 4.69) is 25.8 Å². The van der Waals surface area contributed by atoms with Crippen molar-refractivity contribution in [1.82, 2.24) is 20.5 Å². The Labute approximate surface area is 166 Å². The lowest BCUT2D eigenvalue weighted by molar-refractivity contribution is 0.144. The molecule has 3 aromatic rings. The number of pyridine rings is 1. The van der Waals surface area contributed by atoms with Crippen molar-refractivity contribution in [2.75, 3.05) is 25.6 Å². The molecular formula is C19H22FN5O4. The van der Waals surface area contributed by atoms with Crippen LogP contribution in [0.2, 0.25) is 0 Å². The number of urea groups is 1. The molecule has 29 heavy (non-hydrogen) atoms. The van der Waals surface area contributed by atoms with Gasteiger partial charge in [-0.3, -0.25) is 10.4 Å². The third kappa shape index (κ3) is 5.18. The number of nitrogens with one attached hydrogen (secondary N) is 3. The van der Waals surface area contributed by atoms with Gasteiger partial charge in [0.15, 0.2) is 0 Å². The molecule has 0 aliphatic rings. The van der Waals surface area contributed by atoms with Crippen LogP contribution in [0.5, 0.6) is 5.88 Å². The fraction of sp³-hybridized carbons (Fsp3) is 0.316. The standard InChI is InChI=1S/C19H22FN5O4/c1-11(26)17(12-3-5-13(20)6-4-12)23-19(27)22-16-9-15-14(10-21-16)18(25-24-15)29-8-7-28-2/h3-6,9-11,17,26H,7-8H2,1-2H3,(H,24,25)(H2,21,22,23,27). The molecule has 0 bridgehead atoms. The molecule has 0 aliphatic carbocycles. The van der Waals surface area contributed by atoms with Crippen LogP contribution in [-0.2, 0) is 4.74 Å². The number of methoxy groups -OCH3 is 1. The molecule has 2 unspecified atom stereocenters. The summed E-state index contributed by atoms with van der Waals surface area (Å²) < 4.78 is 23.6. The van der Waals surface area contributed by atoms with E-state index in [4.69, 9.17) is 9.47 Å². The van der Waals surface area contributed by atoms with Gasteiger partial charge in [-0.25, -0.2) is 14.2 Å². The summed E-state index contributed by atoms with van der Waals surface area (Å²) in [5.74, 6) is 0.279. The fourth-order valence-corrected chi connectivity index (χ4v) is 2.74. The number of rotatable bonds is 8. The van der Waals surface area contributed by atoms with Crippen LogP contribution in [0.15, 0.2) is 36.5 Å². The van der Waals surface area contributed by atoms with E-state index < -0.39 is 24.0 Å². The second kappa shape index (κ2) is 9.30. The number of hydrogen-bond donors (Lipinski definition) is 4. The molecular weight excluding hydrogens is 381 g/mol. The molecule has 2 heterocycles. The molecule has 1 aromatic carbocycles. The van der Waals surface area contributed by atoms with E-state index in [0.717, 1.165) is 0 Å². The second-order valence-corrected chi connectivity index (χ2v) is 6.35.